The molecule has 6 nitrogen and oxygen atoms in total. The number of aliphatic carboxylic acids is 1. The van der Waals surface area contributed by atoms with Gasteiger partial charge >= 0.3 is 5.97 Å². The van der Waals surface area contributed by atoms with Gasteiger partial charge in [-0.1, -0.05) is 6.07 Å². The van der Waals surface area contributed by atoms with Gasteiger partial charge in [-0.25, -0.2) is 10.3 Å². The fourth-order valence-electron chi connectivity index (χ4n) is 1.07. The van der Waals surface area contributed by atoms with E-state index in [2.05, 4.69) is 20.8 Å². The van der Waals surface area contributed by atoms with Crippen LogP contribution >= 0.6 is 15.9 Å². The molecule has 0 heterocycles. The Bertz CT molecular complexity index is 449. The average Bonchev–Trinajstić information content (AvgIpc) is 2.27. The molecule has 0 aliphatic heterocycles. The molecule has 7 heteroatoms. The van der Waals surface area contributed by atoms with E-state index < -0.39 is 18.5 Å². The first-order chi connectivity index (χ1) is 8.49. The molecule has 0 bridgehead atoms. The van der Waals surface area contributed by atoms with E-state index in [0.29, 0.717) is 5.75 Å². The standard InChI is InChI=1S/C11H12BrNO5/c1-7-2-3-9(8(12)4-7)17-5-10(14)13-18-6-11(15)16/h2-4H,5-6H2,1H3,(H,13,14)(H,15,16). The number of aryl methyl sites for hydroxylation is 1. The Morgan fingerprint density at radius 3 is 2.72 bits per heavy atom. The van der Waals surface area contributed by atoms with Gasteiger partial charge in [-0.15, -0.1) is 0 Å². The van der Waals surface area contributed by atoms with Gasteiger partial charge in [0, 0.05) is 0 Å². The average molecular weight is 318 g/mol. The number of rotatable bonds is 6. The van der Waals surface area contributed by atoms with E-state index in [1.54, 1.807) is 6.07 Å². The van der Waals surface area contributed by atoms with Crippen LogP contribution in [0.2, 0.25) is 0 Å². The third kappa shape index (κ3) is 5.15. The highest BCUT2D eigenvalue weighted by Crippen LogP contribution is 2.25. The van der Waals surface area contributed by atoms with Crippen LogP contribution in [0.1, 0.15) is 5.56 Å². The third-order valence-electron chi connectivity index (χ3n) is 1.83. The van der Waals surface area contributed by atoms with Crippen LogP contribution in [-0.2, 0) is 14.4 Å². The number of carbonyl (C=O) groups excluding carboxylic acids is 1. The fraction of sp³-hybridized carbons (Fsp3) is 0.273. The van der Waals surface area contributed by atoms with Crippen molar-refractivity contribution in [3.8, 4) is 5.75 Å². The number of nitrogens with one attached hydrogen (secondary N) is 1. The monoisotopic (exact) mass is 317 g/mol. The van der Waals surface area contributed by atoms with E-state index in [1.807, 2.05) is 24.5 Å². The summed E-state index contributed by atoms with van der Waals surface area (Å²) in [6.45, 7) is 1.07. The second kappa shape index (κ2) is 6.97. The Morgan fingerprint density at radius 2 is 2.11 bits per heavy atom. The molecule has 1 aromatic carbocycles. The second-order valence-electron chi connectivity index (χ2n) is 3.43. The van der Waals surface area contributed by atoms with Gasteiger partial charge in [0.25, 0.3) is 5.91 Å². The second-order valence-corrected chi connectivity index (χ2v) is 4.28. The highest BCUT2D eigenvalue weighted by Gasteiger charge is 2.06. The molecule has 0 aliphatic carbocycles. The lowest BCUT2D eigenvalue weighted by Gasteiger charge is -2.08. The summed E-state index contributed by atoms with van der Waals surface area (Å²) >= 11 is 3.30. The minimum atomic E-state index is -1.17. The summed E-state index contributed by atoms with van der Waals surface area (Å²) in [7, 11) is 0. The molecule has 0 aliphatic rings. The number of ether oxygens (including phenoxy) is 1. The fourth-order valence-corrected chi connectivity index (χ4v) is 1.68. The zero-order valence-electron chi connectivity index (χ0n) is 9.60. The molecule has 18 heavy (non-hydrogen) atoms. The minimum absolute atomic E-state index is 0.263. The molecule has 1 aromatic rings. The van der Waals surface area contributed by atoms with Crippen molar-refractivity contribution in [1.29, 1.82) is 0 Å². The van der Waals surface area contributed by atoms with E-state index in [4.69, 9.17) is 9.84 Å². The Labute approximate surface area is 112 Å². The van der Waals surface area contributed by atoms with E-state index in [0.717, 1.165) is 10.0 Å². The molecule has 0 fully saturated rings. The molecule has 98 valence electrons. The topological polar surface area (TPSA) is 84.9 Å². The van der Waals surface area contributed by atoms with Crippen molar-refractivity contribution < 1.29 is 24.3 Å². The van der Waals surface area contributed by atoms with Gasteiger partial charge in [0.2, 0.25) is 0 Å². The summed E-state index contributed by atoms with van der Waals surface area (Å²) in [6, 6.07) is 5.43. The summed E-state index contributed by atoms with van der Waals surface area (Å²) in [5.74, 6) is -1.21. The molecule has 0 atom stereocenters. The van der Waals surface area contributed by atoms with Crippen molar-refractivity contribution >= 4 is 27.8 Å². The van der Waals surface area contributed by atoms with E-state index in [9.17, 15) is 9.59 Å². The van der Waals surface area contributed by atoms with Gasteiger partial charge in [-0.05, 0) is 40.5 Å². The van der Waals surface area contributed by atoms with Gasteiger partial charge in [-0.3, -0.25) is 9.63 Å². The number of carboxylic acids is 1. The van der Waals surface area contributed by atoms with Crippen LogP contribution in [-0.4, -0.2) is 30.2 Å². The number of carboxylic acid groups (broad SMARTS) is 1. The first-order valence-corrected chi connectivity index (χ1v) is 5.79. The molecule has 2 N–H and O–H groups in total. The van der Waals surface area contributed by atoms with Gasteiger partial charge in [0.1, 0.15) is 5.75 Å². The number of benzene rings is 1. The van der Waals surface area contributed by atoms with Crippen LogP contribution in [0.3, 0.4) is 0 Å². The Kier molecular flexibility index (Phi) is 5.60. The van der Waals surface area contributed by atoms with Crippen LogP contribution in [0.5, 0.6) is 5.75 Å². The summed E-state index contributed by atoms with van der Waals surface area (Å²) < 4.78 is 5.96. The van der Waals surface area contributed by atoms with E-state index >= 15 is 0 Å². The summed E-state index contributed by atoms with van der Waals surface area (Å²) in [5, 5.41) is 8.28. The normalized spacial score (nSPS) is 9.89. The zero-order chi connectivity index (χ0) is 13.5. The maximum atomic E-state index is 11.2. The number of hydrogen-bond donors (Lipinski definition) is 2. The smallest absolute Gasteiger partial charge is 0.332 e. The molecule has 0 saturated heterocycles. The molecule has 1 rings (SSSR count). The van der Waals surface area contributed by atoms with Gasteiger partial charge in [0.05, 0.1) is 4.47 Å². The van der Waals surface area contributed by atoms with Crippen LogP contribution in [0.25, 0.3) is 0 Å². The molecule has 0 aromatic heterocycles. The maximum Gasteiger partial charge on any atom is 0.332 e. The van der Waals surface area contributed by atoms with Crippen LogP contribution < -0.4 is 10.2 Å². The predicted molar refractivity (Wildman–Crippen MR) is 66.1 cm³/mol. The SMILES string of the molecule is Cc1ccc(OCC(=O)NOCC(=O)O)c(Br)c1. The van der Waals surface area contributed by atoms with Crippen LogP contribution in [0.15, 0.2) is 22.7 Å². The van der Waals surface area contributed by atoms with Gasteiger partial charge < -0.3 is 9.84 Å². The lowest BCUT2D eigenvalue weighted by atomic mass is 10.2. The molecule has 0 saturated carbocycles. The Morgan fingerprint density at radius 1 is 1.39 bits per heavy atom. The summed E-state index contributed by atoms with van der Waals surface area (Å²) in [5.41, 5.74) is 3.01. The Balaban J connectivity index is 2.36. The van der Waals surface area contributed by atoms with Crippen LogP contribution in [0, 0.1) is 6.92 Å². The van der Waals surface area contributed by atoms with E-state index in [1.165, 1.54) is 0 Å². The zero-order valence-corrected chi connectivity index (χ0v) is 11.2. The van der Waals surface area contributed by atoms with Crippen molar-refractivity contribution in [2.45, 2.75) is 6.92 Å². The molecule has 1 amide bonds. The minimum Gasteiger partial charge on any atom is -0.483 e. The molecular weight excluding hydrogens is 306 g/mol. The van der Waals surface area contributed by atoms with E-state index in [-0.39, 0.29) is 6.61 Å². The number of amides is 1. The van der Waals surface area contributed by atoms with Crippen LogP contribution in [0.4, 0.5) is 0 Å². The van der Waals surface area contributed by atoms with Crippen molar-refractivity contribution in [3.63, 3.8) is 0 Å². The lowest BCUT2D eigenvalue weighted by molar-refractivity contribution is -0.149. The van der Waals surface area contributed by atoms with Gasteiger partial charge in [-0.2, -0.15) is 0 Å². The van der Waals surface area contributed by atoms with Crippen molar-refractivity contribution in [3.05, 3.63) is 28.2 Å². The molecular formula is C11H12BrNO5. The Hall–Kier alpha value is -1.60. The summed E-state index contributed by atoms with van der Waals surface area (Å²) in [4.78, 5) is 25.7. The highest BCUT2D eigenvalue weighted by atomic mass is 79.9. The van der Waals surface area contributed by atoms with Crippen molar-refractivity contribution in [1.82, 2.24) is 5.48 Å². The largest absolute Gasteiger partial charge is 0.483 e. The highest BCUT2D eigenvalue weighted by molar-refractivity contribution is 9.10. The number of hydroxylamine groups is 1. The van der Waals surface area contributed by atoms with Crippen molar-refractivity contribution in [2.75, 3.05) is 13.2 Å². The molecule has 0 radical (unpaired) electrons. The van der Waals surface area contributed by atoms with Gasteiger partial charge in [0.15, 0.2) is 13.2 Å². The third-order valence-corrected chi connectivity index (χ3v) is 2.45. The quantitative estimate of drug-likeness (QED) is 0.772. The maximum absolute atomic E-state index is 11.2. The first kappa shape index (κ1) is 14.5. The summed E-state index contributed by atoms with van der Waals surface area (Å²) in [6.07, 6.45) is 0. The lowest BCUT2D eigenvalue weighted by Crippen LogP contribution is -2.31. The first-order valence-electron chi connectivity index (χ1n) is 5.00. The van der Waals surface area contributed by atoms with Crippen molar-refractivity contribution in [2.24, 2.45) is 0 Å². The molecule has 0 unspecified atom stereocenters. The number of carbonyl (C=O) groups is 2. The number of hydrogen-bond acceptors (Lipinski definition) is 4. The molecule has 0 spiro atoms. The number of halogens is 1. The predicted octanol–water partition coefficient (Wildman–Crippen LogP) is 1.27.